The van der Waals surface area contributed by atoms with Crippen LogP contribution in [0.2, 0.25) is 5.02 Å². The largest absolute Gasteiger partial charge is 0.377 e. The van der Waals surface area contributed by atoms with Crippen molar-refractivity contribution >= 4 is 17.5 Å². The van der Waals surface area contributed by atoms with Crippen LogP contribution in [0.3, 0.4) is 0 Å². The van der Waals surface area contributed by atoms with Crippen molar-refractivity contribution in [2.75, 3.05) is 24.7 Å². The first-order chi connectivity index (χ1) is 14.7. The third kappa shape index (κ3) is 3.42. The number of anilines is 1. The summed E-state index contributed by atoms with van der Waals surface area (Å²) < 4.78 is 13.2. The van der Waals surface area contributed by atoms with Crippen LogP contribution in [0.1, 0.15) is 11.9 Å². The Labute approximate surface area is 177 Å². The summed E-state index contributed by atoms with van der Waals surface area (Å²) >= 11 is 6.09. The second-order valence-corrected chi connectivity index (χ2v) is 7.28. The highest BCUT2D eigenvalue weighted by molar-refractivity contribution is 6.30. The van der Waals surface area contributed by atoms with Crippen molar-refractivity contribution in [1.82, 2.24) is 29.9 Å². The van der Waals surface area contributed by atoms with E-state index in [4.69, 9.17) is 20.9 Å². The number of halogens is 1. The molecule has 9 nitrogen and oxygen atoms in total. The van der Waals surface area contributed by atoms with Gasteiger partial charge in [0.15, 0.2) is 5.82 Å². The molecular weight excluding hydrogens is 406 g/mol. The summed E-state index contributed by atoms with van der Waals surface area (Å²) in [4.78, 5) is 11.0. The summed E-state index contributed by atoms with van der Waals surface area (Å²) in [6.45, 7) is 1.59. The first-order valence-corrected chi connectivity index (χ1v) is 9.83. The first-order valence-electron chi connectivity index (χ1n) is 9.45. The number of pyridine rings is 1. The second-order valence-electron chi connectivity index (χ2n) is 6.85. The van der Waals surface area contributed by atoms with Crippen molar-refractivity contribution in [3.8, 4) is 22.9 Å². The van der Waals surface area contributed by atoms with Gasteiger partial charge in [-0.15, -0.1) is 10.2 Å². The minimum atomic E-state index is -0.279. The van der Waals surface area contributed by atoms with Gasteiger partial charge in [-0.3, -0.25) is 9.55 Å². The lowest BCUT2D eigenvalue weighted by molar-refractivity contribution is 0.0826. The van der Waals surface area contributed by atoms with E-state index in [0.717, 1.165) is 11.3 Å². The number of hydrogen-bond donors (Lipinski definition) is 0. The number of aromatic nitrogens is 6. The standard InChI is InChI=1S/C20H18ClN7O2/c1-27-18(15-7-2-3-8-22-15)24-25-20(27)28-9-10-29-12-16(28)19-23-17(26-30-19)13-5-4-6-14(21)11-13/h2-8,11,16H,9-10,12H2,1H3. The predicted octanol–water partition coefficient (Wildman–Crippen LogP) is 3.16. The molecule has 1 saturated heterocycles. The highest BCUT2D eigenvalue weighted by Crippen LogP contribution is 2.31. The van der Waals surface area contributed by atoms with Gasteiger partial charge in [0.05, 0.1) is 13.2 Å². The van der Waals surface area contributed by atoms with Gasteiger partial charge < -0.3 is 14.2 Å². The lowest BCUT2D eigenvalue weighted by Crippen LogP contribution is -2.41. The van der Waals surface area contributed by atoms with Crippen molar-refractivity contribution < 1.29 is 9.26 Å². The maximum atomic E-state index is 6.09. The van der Waals surface area contributed by atoms with E-state index in [1.165, 1.54) is 0 Å². The van der Waals surface area contributed by atoms with Crippen molar-refractivity contribution in [1.29, 1.82) is 0 Å². The molecule has 10 heteroatoms. The van der Waals surface area contributed by atoms with Gasteiger partial charge in [0.25, 0.3) is 5.89 Å². The van der Waals surface area contributed by atoms with E-state index in [9.17, 15) is 0 Å². The zero-order chi connectivity index (χ0) is 20.5. The molecule has 0 bridgehead atoms. The molecule has 1 aromatic carbocycles. The van der Waals surface area contributed by atoms with E-state index in [1.54, 1.807) is 18.3 Å². The van der Waals surface area contributed by atoms with Crippen LogP contribution in [0, 0.1) is 0 Å². The van der Waals surface area contributed by atoms with E-state index in [2.05, 4.69) is 30.2 Å². The van der Waals surface area contributed by atoms with Crippen LogP contribution in [-0.4, -0.2) is 49.6 Å². The van der Waals surface area contributed by atoms with Gasteiger partial charge in [0, 0.05) is 30.4 Å². The summed E-state index contributed by atoms with van der Waals surface area (Å²) in [6.07, 6.45) is 1.73. The summed E-state index contributed by atoms with van der Waals surface area (Å²) in [6, 6.07) is 12.7. The number of nitrogens with zero attached hydrogens (tertiary/aromatic N) is 7. The molecule has 4 heterocycles. The molecular formula is C20H18ClN7O2. The summed E-state index contributed by atoms with van der Waals surface area (Å²) in [7, 11) is 1.91. The fraction of sp³-hybridized carbons (Fsp3) is 0.250. The molecule has 0 radical (unpaired) electrons. The Bertz CT molecular complexity index is 1160. The van der Waals surface area contributed by atoms with Crippen LogP contribution < -0.4 is 4.90 Å². The fourth-order valence-electron chi connectivity index (χ4n) is 3.45. The number of benzene rings is 1. The van der Waals surface area contributed by atoms with Crippen LogP contribution in [0.25, 0.3) is 22.9 Å². The van der Waals surface area contributed by atoms with Gasteiger partial charge in [-0.05, 0) is 24.3 Å². The molecule has 1 atom stereocenters. The lowest BCUT2D eigenvalue weighted by atomic mass is 10.2. The Morgan fingerprint density at radius 2 is 2.07 bits per heavy atom. The zero-order valence-electron chi connectivity index (χ0n) is 16.1. The third-order valence-electron chi connectivity index (χ3n) is 4.94. The Morgan fingerprint density at radius 1 is 1.13 bits per heavy atom. The number of morpholine rings is 1. The SMILES string of the molecule is Cn1c(-c2ccccn2)nnc1N1CCOCC1c1nc(-c2cccc(Cl)c2)no1. The van der Waals surface area contributed by atoms with E-state index in [-0.39, 0.29) is 6.04 Å². The van der Waals surface area contributed by atoms with Gasteiger partial charge in [0.1, 0.15) is 11.7 Å². The molecule has 1 fully saturated rings. The minimum Gasteiger partial charge on any atom is -0.377 e. The van der Waals surface area contributed by atoms with Gasteiger partial charge >= 0.3 is 0 Å². The fourth-order valence-corrected chi connectivity index (χ4v) is 3.64. The Balaban J connectivity index is 1.47. The van der Waals surface area contributed by atoms with E-state index >= 15 is 0 Å². The molecule has 3 aromatic heterocycles. The lowest BCUT2D eigenvalue weighted by Gasteiger charge is -2.33. The molecule has 0 aliphatic carbocycles. The molecule has 1 unspecified atom stereocenters. The molecule has 5 rings (SSSR count). The van der Waals surface area contributed by atoms with Crippen LogP contribution in [0.5, 0.6) is 0 Å². The van der Waals surface area contributed by atoms with Crippen LogP contribution >= 0.6 is 11.6 Å². The Morgan fingerprint density at radius 3 is 2.90 bits per heavy atom. The van der Waals surface area contributed by atoms with Crippen LogP contribution in [0.4, 0.5) is 5.95 Å². The number of rotatable bonds is 4. The smallest absolute Gasteiger partial charge is 0.252 e. The molecule has 0 saturated carbocycles. The quantitative estimate of drug-likeness (QED) is 0.494. The van der Waals surface area contributed by atoms with E-state index in [1.807, 2.05) is 41.9 Å². The van der Waals surface area contributed by atoms with Gasteiger partial charge in [-0.1, -0.05) is 35.0 Å². The monoisotopic (exact) mass is 423 g/mol. The average molecular weight is 424 g/mol. The highest BCUT2D eigenvalue weighted by Gasteiger charge is 2.33. The maximum Gasteiger partial charge on any atom is 0.252 e. The Hall–Kier alpha value is -3.30. The number of ether oxygens (including phenoxy) is 1. The molecule has 1 aliphatic rings. The van der Waals surface area contributed by atoms with Crippen molar-refractivity contribution in [2.24, 2.45) is 7.05 Å². The second kappa shape index (κ2) is 7.85. The molecule has 1 aliphatic heterocycles. The molecule has 4 aromatic rings. The van der Waals surface area contributed by atoms with Crippen molar-refractivity contribution in [3.63, 3.8) is 0 Å². The summed E-state index contributed by atoms with van der Waals surface area (Å²) in [5.41, 5.74) is 1.54. The van der Waals surface area contributed by atoms with E-state index in [0.29, 0.717) is 48.3 Å². The normalized spacial score (nSPS) is 16.7. The molecule has 0 N–H and O–H groups in total. The van der Waals surface area contributed by atoms with Crippen LogP contribution in [0.15, 0.2) is 53.2 Å². The van der Waals surface area contributed by atoms with Crippen molar-refractivity contribution in [2.45, 2.75) is 6.04 Å². The average Bonchev–Trinajstić information content (AvgIpc) is 3.42. The summed E-state index contributed by atoms with van der Waals surface area (Å²) in [5.74, 6) is 2.30. The zero-order valence-corrected chi connectivity index (χ0v) is 16.9. The summed E-state index contributed by atoms with van der Waals surface area (Å²) in [5, 5.41) is 13.5. The highest BCUT2D eigenvalue weighted by atomic mass is 35.5. The Kier molecular flexibility index (Phi) is 4.89. The first kappa shape index (κ1) is 18.7. The third-order valence-corrected chi connectivity index (χ3v) is 5.18. The van der Waals surface area contributed by atoms with Gasteiger partial charge in [-0.2, -0.15) is 4.98 Å². The van der Waals surface area contributed by atoms with E-state index < -0.39 is 0 Å². The molecule has 0 spiro atoms. The predicted molar refractivity (Wildman–Crippen MR) is 110 cm³/mol. The maximum absolute atomic E-state index is 6.09. The molecule has 0 amide bonds. The number of hydrogen-bond acceptors (Lipinski definition) is 8. The van der Waals surface area contributed by atoms with Crippen molar-refractivity contribution in [3.05, 3.63) is 59.6 Å². The topological polar surface area (TPSA) is 95.0 Å². The molecule has 152 valence electrons. The van der Waals surface area contributed by atoms with Gasteiger partial charge in [0.2, 0.25) is 11.8 Å². The van der Waals surface area contributed by atoms with Crippen LogP contribution in [-0.2, 0) is 11.8 Å². The molecule has 30 heavy (non-hydrogen) atoms. The minimum absolute atomic E-state index is 0.279. The van der Waals surface area contributed by atoms with Gasteiger partial charge in [-0.25, -0.2) is 0 Å².